The van der Waals surface area contributed by atoms with Crippen LogP contribution in [0.25, 0.3) is 5.65 Å². The van der Waals surface area contributed by atoms with Gasteiger partial charge < -0.3 is 14.4 Å². The molecule has 3 aromatic rings. The SMILES string of the molecule is CCOCc1nnc2c(Cl)c(N3CCC(c4c(F)cc(F)cc4OC)CC3)ccn12. The second kappa shape index (κ2) is 8.73. The van der Waals surface area contributed by atoms with Gasteiger partial charge in [-0.15, -0.1) is 10.2 Å². The first-order valence-electron chi connectivity index (χ1n) is 9.91. The van der Waals surface area contributed by atoms with E-state index in [-0.39, 0.29) is 11.7 Å². The first-order valence-corrected chi connectivity index (χ1v) is 10.3. The van der Waals surface area contributed by atoms with Crippen LogP contribution in [0.2, 0.25) is 5.02 Å². The summed E-state index contributed by atoms with van der Waals surface area (Å²) in [6, 6.07) is 4.09. The van der Waals surface area contributed by atoms with Crippen molar-refractivity contribution in [1.82, 2.24) is 14.6 Å². The van der Waals surface area contributed by atoms with Crippen molar-refractivity contribution in [2.24, 2.45) is 0 Å². The predicted octanol–water partition coefficient (Wildman–Crippen LogP) is 4.59. The minimum atomic E-state index is -0.636. The van der Waals surface area contributed by atoms with E-state index < -0.39 is 11.6 Å². The molecule has 0 saturated carbocycles. The van der Waals surface area contributed by atoms with Gasteiger partial charge in [0.2, 0.25) is 0 Å². The highest BCUT2D eigenvalue weighted by atomic mass is 35.5. The number of anilines is 1. The second-order valence-electron chi connectivity index (χ2n) is 7.23. The molecule has 2 aromatic heterocycles. The van der Waals surface area contributed by atoms with Gasteiger partial charge in [-0.25, -0.2) is 8.78 Å². The molecule has 1 fully saturated rings. The topological polar surface area (TPSA) is 51.9 Å². The molecule has 9 heteroatoms. The van der Waals surface area contributed by atoms with Gasteiger partial charge in [0.05, 0.1) is 12.8 Å². The number of rotatable bonds is 6. The highest BCUT2D eigenvalue weighted by Gasteiger charge is 2.28. The summed E-state index contributed by atoms with van der Waals surface area (Å²) in [5, 5.41) is 8.90. The maximum atomic E-state index is 14.4. The van der Waals surface area contributed by atoms with Gasteiger partial charge >= 0.3 is 0 Å². The van der Waals surface area contributed by atoms with Crippen molar-refractivity contribution in [3.8, 4) is 5.75 Å². The molecule has 1 aliphatic rings. The van der Waals surface area contributed by atoms with Crippen molar-refractivity contribution in [1.29, 1.82) is 0 Å². The lowest BCUT2D eigenvalue weighted by Crippen LogP contribution is -2.33. The van der Waals surface area contributed by atoms with E-state index in [9.17, 15) is 8.78 Å². The Labute approximate surface area is 178 Å². The molecular weight excluding hydrogens is 414 g/mol. The van der Waals surface area contributed by atoms with Gasteiger partial charge in [0.25, 0.3) is 0 Å². The molecule has 0 N–H and O–H groups in total. The van der Waals surface area contributed by atoms with Crippen molar-refractivity contribution in [3.05, 3.63) is 52.4 Å². The predicted molar refractivity (Wildman–Crippen MR) is 110 cm³/mol. The van der Waals surface area contributed by atoms with E-state index in [1.165, 1.54) is 13.2 Å². The van der Waals surface area contributed by atoms with E-state index in [1.807, 2.05) is 23.6 Å². The maximum Gasteiger partial charge on any atom is 0.181 e. The number of ether oxygens (including phenoxy) is 2. The molecule has 1 aromatic carbocycles. The Morgan fingerprint density at radius 1 is 1.20 bits per heavy atom. The maximum absolute atomic E-state index is 14.4. The molecule has 0 aliphatic carbocycles. The van der Waals surface area contributed by atoms with E-state index in [4.69, 9.17) is 21.1 Å². The first-order chi connectivity index (χ1) is 14.5. The van der Waals surface area contributed by atoms with Crippen molar-refractivity contribution >= 4 is 22.9 Å². The Balaban J connectivity index is 1.53. The number of methoxy groups -OCH3 is 1. The summed E-state index contributed by atoms with van der Waals surface area (Å²) in [6.07, 6.45) is 3.28. The van der Waals surface area contributed by atoms with E-state index in [0.29, 0.717) is 61.2 Å². The Hall–Kier alpha value is -2.45. The van der Waals surface area contributed by atoms with E-state index >= 15 is 0 Å². The highest BCUT2D eigenvalue weighted by molar-refractivity contribution is 6.36. The van der Waals surface area contributed by atoms with Crippen LogP contribution in [0, 0.1) is 11.6 Å². The third-order valence-electron chi connectivity index (χ3n) is 5.52. The number of hydrogen-bond donors (Lipinski definition) is 0. The van der Waals surface area contributed by atoms with Crippen LogP contribution in [0.3, 0.4) is 0 Å². The van der Waals surface area contributed by atoms with Gasteiger partial charge in [-0.05, 0) is 31.7 Å². The van der Waals surface area contributed by atoms with Gasteiger partial charge in [0.1, 0.15) is 29.0 Å². The summed E-state index contributed by atoms with van der Waals surface area (Å²) in [4.78, 5) is 2.16. The molecule has 0 radical (unpaired) electrons. The molecule has 6 nitrogen and oxygen atoms in total. The fourth-order valence-corrected chi connectivity index (χ4v) is 4.35. The van der Waals surface area contributed by atoms with E-state index in [0.717, 1.165) is 11.8 Å². The number of piperidine rings is 1. The Kier molecular flexibility index (Phi) is 6.06. The molecule has 0 atom stereocenters. The zero-order chi connectivity index (χ0) is 21.3. The molecule has 160 valence electrons. The third kappa shape index (κ3) is 3.81. The number of aromatic nitrogens is 3. The van der Waals surface area contributed by atoms with Crippen LogP contribution < -0.4 is 9.64 Å². The van der Waals surface area contributed by atoms with Gasteiger partial charge in [-0.1, -0.05) is 11.6 Å². The molecule has 0 amide bonds. The summed E-state index contributed by atoms with van der Waals surface area (Å²) >= 11 is 6.64. The number of benzene rings is 1. The van der Waals surface area contributed by atoms with Gasteiger partial charge in [-0.3, -0.25) is 4.40 Å². The number of fused-ring (bicyclic) bond motifs is 1. The van der Waals surface area contributed by atoms with Crippen LogP contribution in [0.4, 0.5) is 14.5 Å². The third-order valence-corrected chi connectivity index (χ3v) is 5.89. The van der Waals surface area contributed by atoms with Crippen molar-refractivity contribution in [3.63, 3.8) is 0 Å². The minimum Gasteiger partial charge on any atom is -0.496 e. The van der Waals surface area contributed by atoms with Crippen LogP contribution in [0.1, 0.15) is 37.1 Å². The molecule has 4 rings (SSSR count). The Morgan fingerprint density at radius 3 is 2.67 bits per heavy atom. The molecule has 30 heavy (non-hydrogen) atoms. The van der Waals surface area contributed by atoms with Crippen molar-refractivity contribution < 1.29 is 18.3 Å². The van der Waals surface area contributed by atoms with Gasteiger partial charge in [0.15, 0.2) is 11.5 Å². The lowest BCUT2D eigenvalue weighted by atomic mass is 9.88. The van der Waals surface area contributed by atoms with E-state index in [2.05, 4.69) is 15.1 Å². The molecular formula is C21H23ClF2N4O2. The largest absolute Gasteiger partial charge is 0.496 e. The molecule has 3 heterocycles. The van der Waals surface area contributed by atoms with Crippen LogP contribution in [0.15, 0.2) is 24.4 Å². The Morgan fingerprint density at radius 2 is 1.97 bits per heavy atom. The monoisotopic (exact) mass is 436 g/mol. The van der Waals surface area contributed by atoms with Crippen molar-refractivity contribution in [2.75, 3.05) is 31.7 Å². The lowest BCUT2D eigenvalue weighted by molar-refractivity contribution is 0.127. The summed E-state index contributed by atoms with van der Waals surface area (Å²) in [7, 11) is 1.43. The lowest BCUT2D eigenvalue weighted by Gasteiger charge is -2.34. The Bertz CT molecular complexity index is 1050. The van der Waals surface area contributed by atoms with Gasteiger partial charge in [-0.2, -0.15) is 0 Å². The van der Waals surface area contributed by atoms with Crippen LogP contribution in [0.5, 0.6) is 5.75 Å². The minimum absolute atomic E-state index is 0.0507. The zero-order valence-electron chi connectivity index (χ0n) is 16.9. The number of halogens is 3. The highest BCUT2D eigenvalue weighted by Crippen LogP contribution is 2.39. The van der Waals surface area contributed by atoms with E-state index in [1.54, 1.807) is 0 Å². The van der Waals surface area contributed by atoms with Crippen molar-refractivity contribution in [2.45, 2.75) is 32.3 Å². The number of nitrogens with zero attached hydrogens (tertiary/aromatic N) is 4. The molecule has 0 spiro atoms. The van der Waals surface area contributed by atoms with Crippen LogP contribution >= 0.6 is 11.6 Å². The molecule has 1 saturated heterocycles. The smallest absolute Gasteiger partial charge is 0.181 e. The summed E-state index contributed by atoms with van der Waals surface area (Å²) in [5.41, 5.74) is 1.89. The quantitative estimate of drug-likeness (QED) is 0.565. The fourth-order valence-electron chi connectivity index (χ4n) is 4.03. The normalized spacial score (nSPS) is 15.2. The first kappa shape index (κ1) is 20.8. The molecule has 1 aliphatic heterocycles. The molecule has 0 bridgehead atoms. The zero-order valence-corrected chi connectivity index (χ0v) is 17.6. The van der Waals surface area contributed by atoms with Gasteiger partial charge in [0, 0.05) is 43.6 Å². The summed E-state index contributed by atoms with van der Waals surface area (Å²) < 4.78 is 40.4. The second-order valence-corrected chi connectivity index (χ2v) is 7.60. The standard InChI is InChI=1S/C21H23ClF2N4O2/c1-3-30-12-18-25-26-21-20(22)16(6-9-28(18)21)27-7-4-13(5-8-27)19-15(24)10-14(23)11-17(19)29-2/h6,9-11,13H,3-5,7-8,12H2,1-2H3. The average molecular weight is 437 g/mol. The number of hydrogen-bond acceptors (Lipinski definition) is 5. The van der Waals surface area contributed by atoms with Crippen LogP contribution in [-0.2, 0) is 11.3 Å². The summed E-state index contributed by atoms with van der Waals surface area (Å²) in [6.45, 7) is 4.24. The fraction of sp³-hybridized carbons (Fsp3) is 0.429. The average Bonchev–Trinajstić information content (AvgIpc) is 3.16. The molecule has 0 unspecified atom stereocenters. The summed E-state index contributed by atoms with van der Waals surface area (Å²) in [5.74, 6) is -0.295. The number of pyridine rings is 1. The van der Waals surface area contributed by atoms with Crippen LogP contribution in [-0.4, -0.2) is 41.4 Å².